The second-order valence-corrected chi connectivity index (χ2v) is 11.3. The van der Waals surface area contributed by atoms with Crippen LogP contribution in [-0.4, -0.2) is 21.2 Å². The summed E-state index contributed by atoms with van der Waals surface area (Å²) in [5.74, 6) is -0.285. The van der Waals surface area contributed by atoms with Crippen LogP contribution in [0.2, 0.25) is 13.1 Å². The van der Waals surface area contributed by atoms with Gasteiger partial charge in [0, 0.05) is 5.54 Å². The second-order valence-electron chi connectivity index (χ2n) is 6.65. The Hall–Kier alpha value is -2.13. The van der Waals surface area contributed by atoms with Gasteiger partial charge in [0.1, 0.15) is 0 Å². The van der Waals surface area contributed by atoms with Gasteiger partial charge in [-0.15, -0.1) is 0 Å². The van der Waals surface area contributed by atoms with Gasteiger partial charge in [0.2, 0.25) is 0 Å². The lowest BCUT2D eigenvalue weighted by molar-refractivity contribution is 0.0600. The van der Waals surface area contributed by atoms with Crippen LogP contribution in [-0.2, 0) is 4.74 Å². The topological polar surface area (TPSA) is 26.3 Å². The largest absolute Gasteiger partial charge is 0.465 e. The summed E-state index contributed by atoms with van der Waals surface area (Å²) in [4.78, 5) is 11.8. The summed E-state index contributed by atoms with van der Waals surface area (Å²) in [6, 6.07) is 16.7. The average Bonchev–Trinajstić information content (AvgIpc) is 2.60. The Morgan fingerprint density at radius 2 is 1.79 bits per heavy atom. The predicted molar refractivity (Wildman–Crippen MR) is 104 cm³/mol. The van der Waals surface area contributed by atoms with Crippen LogP contribution in [0, 0.1) is 6.92 Å². The summed E-state index contributed by atoms with van der Waals surface area (Å²) in [5.41, 5.74) is 3.40. The average molecular weight is 339 g/mol. The molecule has 0 aliphatic carbocycles. The van der Waals surface area contributed by atoms with Gasteiger partial charge in [0.25, 0.3) is 0 Å². The smallest absolute Gasteiger partial charge is 0.337 e. The number of esters is 1. The first-order valence-electron chi connectivity index (χ1n) is 8.29. The lowest BCUT2D eigenvalue weighted by Crippen LogP contribution is -2.47. The number of benzene rings is 2. The molecule has 2 rings (SSSR count). The molecule has 24 heavy (non-hydrogen) atoms. The highest BCUT2D eigenvalue weighted by Gasteiger charge is 2.33. The molecular formula is C21H26O2Si. The number of hydrogen-bond acceptors (Lipinski definition) is 2. The molecule has 0 spiro atoms. The summed E-state index contributed by atoms with van der Waals surface area (Å²) in [6.45, 7) is 8.95. The normalized spacial score (nSPS) is 13.0. The summed E-state index contributed by atoms with van der Waals surface area (Å²) >= 11 is 0. The zero-order chi connectivity index (χ0) is 17.7. The van der Waals surface area contributed by atoms with Gasteiger partial charge in [-0.05, 0) is 37.1 Å². The summed E-state index contributed by atoms with van der Waals surface area (Å²) < 4.78 is 4.83. The number of carbonyl (C=O) groups is 1. The molecule has 0 bridgehead atoms. The van der Waals surface area contributed by atoms with Crippen molar-refractivity contribution in [1.82, 2.24) is 0 Å². The lowest BCUT2D eigenvalue weighted by atomic mass is 10.0. The number of methoxy groups -OCH3 is 1. The number of hydrogen-bond donors (Lipinski definition) is 0. The number of carbonyl (C=O) groups excluding carboxylic acids is 1. The molecule has 1 atom stereocenters. The van der Waals surface area contributed by atoms with Crippen LogP contribution in [0.4, 0.5) is 0 Å². The predicted octanol–water partition coefficient (Wildman–Crippen LogP) is 4.60. The first-order valence-corrected chi connectivity index (χ1v) is 11.4. The van der Waals surface area contributed by atoms with E-state index in [1.807, 2.05) is 12.1 Å². The maximum atomic E-state index is 11.8. The van der Waals surface area contributed by atoms with Crippen LogP contribution in [0.1, 0.15) is 33.9 Å². The Morgan fingerprint density at radius 1 is 1.12 bits per heavy atom. The van der Waals surface area contributed by atoms with Crippen molar-refractivity contribution in [3.05, 3.63) is 77.4 Å². The van der Waals surface area contributed by atoms with E-state index < -0.39 is 8.07 Å². The van der Waals surface area contributed by atoms with Crippen molar-refractivity contribution in [2.75, 3.05) is 7.11 Å². The van der Waals surface area contributed by atoms with Crippen LogP contribution >= 0.6 is 0 Å². The first-order chi connectivity index (χ1) is 11.4. The van der Waals surface area contributed by atoms with E-state index in [0.29, 0.717) is 11.1 Å². The van der Waals surface area contributed by atoms with Gasteiger partial charge in [-0.2, -0.15) is 0 Å². The quantitative estimate of drug-likeness (QED) is 0.452. The molecule has 0 aliphatic heterocycles. The van der Waals surface area contributed by atoms with E-state index in [0.717, 1.165) is 5.56 Å². The molecule has 0 N–H and O–H groups in total. The van der Waals surface area contributed by atoms with Crippen LogP contribution in [0.3, 0.4) is 0 Å². The molecule has 2 nitrogen and oxygen atoms in total. The van der Waals surface area contributed by atoms with Gasteiger partial charge < -0.3 is 4.74 Å². The summed E-state index contributed by atoms with van der Waals surface area (Å²) in [6.07, 6.45) is 4.44. The molecule has 0 saturated carbocycles. The minimum Gasteiger partial charge on any atom is -0.465 e. The van der Waals surface area contributed by atoms with Crippen LogP contribution < -0.4 is 5.19 Å². The second kappa shape index (κ2) is 7.62. The van der Waals surface area contributed by atoms with Gasteiger partial charge >= 0.3 is 5.97 Å². The number of rotatable bonds is 5. The Bertz CT molecular complexity index is 733. The highest BCUT2D eigenvalue weighted by molar-refractivity contribution is 6.91. The molecule has 0 fully saturated rings. The fourth-order valence-electron chi connectivity index (χ4n) is 3.24. The zero-order valence-corrected chi connectivity index (χ0v) is 16.2. The number of ether oxygens (including phenoxy) is 1. The molecule has 126 valence electrons. The summed E-state index contributed by atoms with van der Waals surface area (Å²) in [5, 5.41) is 1.43. The first kappa shape index (κ1) is 18.2. The Morgan fingerprint density at radius 3 is 2.33 bits per heavy atom. The van der Waals surface area contributed by atoms with Gasteiger partial charge in [-0.1, -0.05) is 66.8 Å². The van der Waals surface area contributed by atoms with Gasteiger partial charge in [-0.3, -0.25) is 0 Å². The van der Waals surface area contributed by atoms with E-state index in [1.165, 1.54) is 17.9 Å². The van der Waals surface area contributed by atoms with Crippen molar-refractivity contribution in [1.29, 1.82) is 0 Å². The van der Waals surface area contributed by atoms with E-state index in [1.54, 1.807) is 0 Å². The maximum Gasteiger partial charge on any atom is 0.337 e. The molecule has 0 aliphatic rings. The Balaban J connectivity index is 2.50. The van der Waals surface area contributed by atoms with E-state index in [9.17, 15) is 4.79 Å². The fourth-order valence-corrected chi connectivity index (χ4v) is 6.43. The van der Waals surface area contributed by atoms with Gasteiger partial charge in [0.05, 0.1) is 20.7 Å². The van der Waals surface area contributed by atoms with Crippen molar-refractivity contribution in [3.63, 3.8) is 0 Å². The summed E-state index contributed by atoms with van der Waals surface area (Å²) in [7, 11) is -0.342. The van der Waals surface area contributed by atoms with Crippen molar-refractivity contribution in [2.45, 2.75) is 32.5 Å². The molecular weight excluding hydrogens is 312 g/mol. The molecule has 0 radical (unpaired) electrons. The van der Waals surface area contributed by atoms with Crippen molar-refractivity contribution >= 4 is 19.2 Å². The van der Waals surface area contributed by atoms with E-state index in [2.05, 4.69) is 75.5 Å². The van der Waals surface area contributed by atoms with E-state index >= 15 is 0 Å². The molecule has 0 heterocycles. The minimum absolute atomic E-state index is 0.285. The van der Waals surface area contributed by atoms with Crippen molar-refractivity contribution in [3.8, 4) is 0 Å². The molecule has 2 aromatic carbocycles. The Labute approximate surface area is 146 Å². The minimum atomic E-state index is -1.76. The van der Waals surface area contributed by atoms with Gasteiger partial charge in [0.15, 0.2) is 0 Å². The fraction of sp³-hybridized carbons (Fsp3) is 0.286. The van der Waals surface area contributed by atoms with E-state index in [4.69, 9.17) is 4.74 Å². The monoisotopic (exact) mass is 338 g/mol. The third kappa shape index (κ3) is 3.67. The number of allylic oxidation sites excluding steroid dienone is 2. The van der Waals surface area contributed by atoms with Crippen molar-refractivity contribution < 1.29 is 9.53 Å². The standard InChI is InChI=1S/C21H26O2Si/c1-6-10-20(24(4,5)18-11-8-7-9-12-18)19-14-13-17(15-16(19)2)21(22)23-3/h6-15,20H,1-5H3/b10-6+/t20-/m0/s1. The van der Waals surface area contributed by atoms with Crippen LogP contribution in [0.5, 0.6) is 0 Å². The maximum absolute atomic E-state index is 11.8. The Kier molecular flexibility index (Phi) is 5.78. The van der Waals surface area contributed by atoms with E-state index in [-0.39, 0.29) is 5.97 Å². The lowest BCUT2D eigenvalue weighted by Gasteiger charge is -2.32. The highest BCUT2D eigenvalue weighted by atomic mass is 28.3. The molecule has 2 aromatic rings. The number of aryl methyl sites for hydroxylation is 1. The third-order valence-electron chi connectivity index (χ3n) is 4.71. The molecule has 0 amide bonds. The van der Waals surface area contributed by atoms with Crippen LogP contribution in [0.25, 0.3) is 0 Å². The third-order valence-corrected chi connectivity index (χ3v) is 8.59. The molecule has 0 unspecified atom stereocenters. The van der Waals surface area contributed by atoms with Crippen molar-refractivity contribution in [2.24, 2.45) is 0 Å². The van der Waals surface area contributed by atoms with Gasteiger partial charge in [-0.25, -0.2) is 4.79 Å². The SMILES string of the molecule is C/C=C/[C@@H](c1ccc(C(=O)OC)cc1C)[Si](C)(C)c1ccccc1. The molecule has 0 aromatic heterocycles. The highest BCUT2D eigenvalue weighted by Crippen LogP contribution is 2.31. The molecule has 0 saturated heterocycles. The van der Waals surface area contributed by atoms with Crippen LogP contribution in [0.15, 0.2) is 60.7 Å². The molecule has 3 heteroatoms. The zero-order valence-electron chi connectivity index (χ0n) is 15.2.